The lowest BCUT2D eigenvalue weighted by Crippen LogP contribution is -2.29. The minimum Gasteiger partial charge on any atom is -0.352 e. The number of anilines is 2. The van der Waals surface area contributed by atoms with Gasteiger partial charge in [-0.15, -0.1) is 0 Å². The Bertz CT molecular complexity index is 909. The molecule has 6 nitrogen and oxygen atoms in total. The Morgan fingerprint density at radius 2 is 2.15 bits per heavy atom. The number of aryl methyl sites for hydroxylation is 1. The van der Waals surface area contributed by atoms with Crippen molar-refractivity contribution in [3.05, 3.63) is 56.7 Å². The molecule has 0 aliphatic heterocycles. The number of halogens is 2. The molecule has 1 aliphatic rings. The van der Waals surface area contributed by atoms with Crippen LogP contribution in [0.15, 0.2) is 29.2 Å². The van der Waals surface area contributed by atoms with E-state index in [-0.39, 0.29) is 33.1 Å². The fraction of sp³-hybridized carbons (Fsp3) is 0.333. The smallest absolute Gasteiger partial charge is 0.278 e. The van der Waals surface area contributed by atoms with E-state index in [2.05, 4.69) is 10.8 Å². The van der Waals surface area contributed by atoms with E-state index < -0.39 is 11.7 Å². The summed E-state index contributed by atoms with van der Waals surface area (Å²) < 4.78 is 15.4. The second-order valence-corrected chi connectivity index (χ2v) is 6.83. The van der Waals surface area contributed by atoms with E-state index in [1.807, 2.05) is 0 Å². The van der Waals surface area contributed by atoms with Gasteiger partial charge in [0, 0.05) is 23.8 Å². The zero-order valence-corrected chi connectivity index (χ0v) is 15.2. The van der Waals surface area contributed by atoms with Gasteiger partial charge in [0.15, 0.2) is 0 Å². The van der Waals surface area contributed by atoms with Gasteiger partial charge >= 0.3 is 0 Å². The van der Waals surface area contributed by atoms with Crippen LogP contribution in [0.2, 0.25) is 5.02 Å². The first-order valence-corrected chi connectivity index (χ1v) is 8.59. The highest BCUT2D eigenvalue weighted by molar-refractivity contribution is 6.30. The van der Waals surface area contributed by atoms with Crippen molar-refractivity contribution >= 4 is 28.9 Å². The molecule has 1 saturated carbocycles. The lowest BCUT2D eigenvalue weighted by Gasteiger charge is -2.16. The Labute approximate surface area is 154 Å². The number of hydrogen-bond acceptors (Lipinski definition) is 4. The summed E-state index contributed by atoms with van der Waals surface area (Å²) in [7, 11) is 1.55. The molecule has 0 radical (unpaired) electrons. The molecule has 138 valence electrons. The van der Waals surface area contributed by atoms with Gasteiger partial charge in [-0.1, -0.05) is 11.6 Å². The maximum absolute atomic E-state index is 14.1. The average Bonchev–Trinajstić information content (AvgIpc) is 3.41. The molecule has 1 aromatic heterocycles. The summed E-state index contributed by atoms with van der Waals surface area (Å²) in [6.45, 7) is 2.02. The summed E-state index contributed by atoms with van der Waals surface area (Å²) in [4.78, 5) is 30.0. The Morgan fingerprint density at radius 1 is 1.42 bits per heavy atom. The summed E-state index contributed by atoms with van der Waals surface area (Å²) >= 11 is 5.76. The van der Waals surface area contributed by atoms with Gasteiger partial charge < -0.3 is 9.88 Å². The van der Waals surface area contributed by atoms with Gasteiger partial charge in [-0.25, -0.2) is 9.87 Å². The van der Waals surface area contributed by atoms with Crippen LogP contribution < -0.4 is 16.4 Å². The number of benzene rings is 1. The van der Waals surface area contributed by atoms with Crippen LogP contribution in [-0.2, 0) is 11.9 Å². The van der Waals surface area contributed by atoms with E-state index in [1.54, 1.807) is 14.0 Å². The first kappa shape index (κ1) is 18.4. The molecule has 1 heterocycles. The molecule has 3 rings (SSSR count). The highest BCUT2D eigenvalue weighted by Crippen LogP contribution is 2.29. The minimum atomic E-state index is -0.589. The van der Waals surface area contributed by atoms with E-state index >= 15 is 0 Å². The van der Waals surface area contributed by atoms with E-state index in [0.717, 1.165) is 18.9 Å². The first-order valence-electron chi connectivity index (χ1n) is 8.21. The van der Waals surface area contributed by atoms with Gasteiger partial charge in [0.25, 0.3) is 11.5 Å². The molecular formula is C18H19ClFN3O3. The van der Waals surface area contributed by atoms with Crippen LogP contribution in [0.25, 0.3) is 0 Å². The van der Waals surface area contributed by atoms with Crippen molar-refractivity contribution in [2.45, 2.75) is 19.8 Å². The fourth-order valence-electron chi connectivity index (χ4n) is 2.51. The Morgan fingerprint density at radius 3 is 2.81 bits per heavy atom. The quantitative estimate of drug-likeness (QED) is 0.755. The summed E-state index contributed by atoms with van der Waals surface area (Å²) in [5.74, 6) is -0.618. The predicted molar refractivity (Wildman–Crippen MR) is 97.3 cm³/mol. The molecule has 1 aromatic carbocycles. The monoisotopic (exact) mass is 379 g/mol. The van der Waals surface area contributed by atoms with Gasteiger partial charge in [-0.05, 0) is 43.9 Å². The normalized spacial score (nSPS) is 13.5. The molecule has 0 spiro atoms. The lowest BCUT2D eigenvalue weighted by atomic mass is 10.1. The van der Waals surface area contributed by atoms with E-state index in [1.165, 1.54) is 22.9 Å². The van der Waals surface area contributed by atoms with Crippen molar-refractivity contribution in [2.24, 2.45) is 13.0 Å². The number of amides is 1. The number of nitrogens with one attached hydrogen (secondary N) is 2. The van der Waals surface area contributed by atoms with Crippen LogP contribution in [0.3, 0.4) is 0 Å². The number of nitrogens with zero attached hydrogens (tertiary/aromatic N) is 1. The number of aromatic nitrogens is 1. The van der Waals surface area contributed by atoms with Crippen molar-refractivity contribution in [3.63, 3.8) is 0 Å². The van der Waals surface area contributed by atoms with Gasteiger partial charge in [-0.3, -0.25) is 14.4 Å². The molecule has 0 unspecified atom stereocenters. The lowest BCUT2D eigenvalue weighted by molar-refractivity contribution is 0.0270. The molecule has 8 heteroatoms. The molecule has 2 aromatic rings. The van der Waals surface area contributed by atoms with Gasteiger partial charge in [0.2, 0.25) is 0 Å². The van der Waals surface area contributed by atoms with Crippen molar-refractivity contribution in [3.8, 4) is 0 Å². The van der Waals surface area contributed by atoms with Crippen LogP contribution in [0, 0.1) is 18.7 Å². The van der Waals surface area contributed by atoms with Crippen molar-refractivity contribution < 1.29 is 14.0 Å². The average molecular weight is 380 g/mol. The summed E-state index contributed by atoms with van der Waals surface area (Å²) in [6, 6.07) is 4.11. The van der Waals surface area contributed by atoms with Gasteiger partial charge in [0.05, 0.1) is 23.5 Å². The number of hydroxylamine groups is 1. The SMILES string of the molecule is Cc1c(Nc2ccc(Cl)cc2F)c(C(=O)NOCC2CC2)cn(C)c1=O. The Hall–Kier alpha value is -2.38. The third-order valence-electron chi connectivity index (χ3n) is 4.22. The molecule has 0 bridgehead atoms. The molecular weight excluding hydrogens is 361 g/mol. The summed E-state index contributed by atoms with van der Waals surface area (Å²) in [5.41, 5.74) is 2.89. The second-order valence-electron chi connectivity index (χ2n) is 6.39. The van der Waals surface area contributed by atoms with Crippen LogP contribution in [0.1, 0.15) is 28.8 Å². The highest BCUT2D eigenvalue weighted by atomic mass is 35.5. The number of pyridine rings is 1. The number of rotatable bonds is 6. The number of carbonyl (C=O) groups excluding carboxylic acids is 1. The predicted octanol–water partition coefficient (Wildman–Crippen LogP) is 3.30. The van der Waals surface area contributed by atoms with Crippen molar-refractivity contribution in [1.82, 2.24) is 10.0 Å². The van der Waals surface area contributed by atoms with Crippen molar-refractivity contribution in [2.75, 3.05) is 11.9 Å². The van der Waals surface area contributed by atoms with Gasteiger partial charge in [0.1, 0.15) is 5.82 Å². The zero-order valence-electron chi connectivity index (χ0n) is 14.4. The molecule has 0 saturated heterocycles. The van der Waals surface area contributed by atoms with Crippen LogP contribution in [-0.4, -0.2) is 17.1 Å². The van der Waals surface area contributed by atoms with E-state index in [4.69, 9.17) is 16.4 Å². The third-order valence-corrected chi connectivity index (χ3v) is 4.46. The Balaban J connectivity index is 1.92. The molecule has 26 heavy (non-hydrogen) atoms. The fourth-order valence-corrected chi connectivity index (χ4v) is 2.67. The van der Waals surface area contributed by atoms with Crippen LogP contribution in [0.4, 0.5) is 15.8 Å². The van der Waals surface area contributed by atoms with E-state index in [9.17, 15) is 14.0 Å². The molecule has 1 aliphatic carbocycles. The van der Waals surface area contributed by atoms with E-state index in [0.29, 0.717) is 12.5 Å². The standard InChI is InChI=1S/C18H19ClFN3O3/c1-10-16(21-15-6-5-12(19)7-14(15)20)13(8-23(2)18(10)25)17(24)22-26-9-11-3-4-11/h5-8,11,21H,3-4,9H2,1-2H3,(H,22,24). The maximum atomic E-state index is 14.1. The summed E-state index contributed by atoms with van der Waals surface area (Å²) in [5, 5.41) is 3.08. The van der Waals surface area contributed by atoms with Gasteiger partial charge in [-0.2, -0.15) is 0 Å². The molecule has 2 N–H and O–H groups in total. The summed E-state index contributed by atoms with van der Waals surface area (Å²) in [6.07, 6.45) is 3.58. The largest absolute Gasteiger partial charge is 0.352 e. The van der Waals surface area contributed by atoms with Crippen LogP contribution in [0.5, 0.6) is 0 Å². The number of hydrogen-bond donors (Lipinski definition) is 2. The third kappa shape index (κ3) is 4.05. The zero-order chi connectivity index (χ0) is 18.8. The molecule has 1 amide bonds. The van der Waals surface area contributed by atoms with Crippen molar-refractivity contribution in [1.29, 1.82) is 0 Å². The molecule has 1 fully saturated rings. The first-order chi connectivity index (χ1) is 12.4. The highest BCUT2D eigenvalue weighted by Gasteiger charge is 2.23. The second kappa shape index (κ2) is 7.47. The maximum Gasteiger partial charge on any atom is 0.278 e. The molecule has 0 atom stereocenters. The topological polar surface area (TPSA) is 72.4 Å². The minimum absolute atomic E-state index is 0.110. The Kier molecular flexibility index (Phi) is 5.29. The number of carbonyl (C=O) groups is 1. The van der Waals surface area contributed by atoms with Crippen LogP contribution >= 0.6 is 11.6 Å².